The molecule has 31 heavy (non-hydrogen) atoms. The van der Waals surface area contributed by atoms with Gasteiger partial charge in [-0.05, 0) is 47.5 Å². The van der Waals surface area contributed by atoms with E-state index in [4.69, 9.17) is 9.72 Å². The molecule has 7 heteroatoms. The predicted molar refractivity (Wildman–Crippen MR) is 122 cm³/mol. The molecule has 2 aromatic carbocycles. The molecule has 0 fully saturated rings. The first-order valence-corrected chi connectivity index (χ1v) is 10.0. The van der Waals surface area contributed by atoms with Crippen molar-refractivity contribution in [2.24, 2.45) is 0 Å². The minimum absolute atomic E-state index is 0.0623. The first kappa shape index (κ1) is 20.3. The van der Waals surface area contributed by atoms with Crippen LogP contribution in [0.5, 0.6) is 5.75 Å². The van der Waals surface area contributed by atoms with Gasteiger partial charge in [-0.25, -0.2) is 9.97 Å². The molecule has 0 bridgehead atoms. The molecule has 2 heterocycles. The Bertz CT molecular complexity index is 1190. The maximum atomic E-state index is 10.9. The quantitative estimate of drug-likeness (QED) is 0.447. The highest BCUT2D eigenvalue weighted by Crippen LogP contribution is 2.30. The van der Waals surface area contributed by atoms with Crippen LogP contribution < -0.4 is 15.4 Å². The molecule has 0 spiro atoms. The summed E-state index contributed by atoms with van der Waals surface area (Å²) in [5.41, 5.74) is 3.86. The Labute approximate surface area is 180 Å². The number of hydrogen-bond donors (Lipinski definition) is 2. The minimum Gasteiger partial charge on any atom is -0.492 e. The molecule has 0 saturated heterocycles. The highest BCUT2D eigenvalue weighted by molar-refractivity contribution is 5.93. The topological polar surface area (TPSA) is 89.0 Å². The average Bonchev–Trinajstić information content (AvgIpc) is 2.81. The number of carbonyl (C=O) groups excluding carboxylic acids is 1. The van der Waals surface area contributed by atoms with Gasteiger partial charge in [-0.3, -0.25) is 9.78 Å². The molecular weight excluding hydrogens is 390 g/mol. The van der Waals surface area contributed by atoms with Crippen molar-refractivity contribution in [1.82, 2.24) is 20.3 Å². The lowest BCUT2D eigenvalue weighted by Crippen LogP contribution is -2.25. The van der Waals surface area contributed by atoms with Gasteiger partial charge in [0.2, 0.25) is 5.91 Å². The lowest BCUT2D eigenvalue weighted by atomic mass is 10.0. The fraction of sp³-hybridized carbons (Fsp3) is 0.167. The van der Waals surface area contributed by atoms with Crippen LogP contribution in [-0.2, 0) is 4.79 Å². The van der Waals surface area contributed by atoms with Crippen molar-refractivity contribution in [2.45, 2.75) is 6.92 Å². The summed E-state index contributed by atoms with van der Waals surface area (Å²) in [7, 11) is 1.86. The number of hydrogen-bond acceptors (Lipinski definition) is 6. The van der Waals surface area contributed by atoms with Gasteiger partial charge in [0.05, 0.1) is 12.1 Å². The number of nitrogens with one attached hydrogen (secondary N) is 2. The summed E-state index contributed by atoms with van der Waals surface area (Å²) in [6.45, 7) is 2.40. The van der Waals surface area contributed by atoms with Crippen LogP contribution in [0, 0.1) is 0 Å². The number of ether oxygens (including phenoxy) is 1. The summed E-state index contributed by atoms with van der Waals surface area (Å²) in [4.78, 5) is 24.5. The minimum atomic E-state index is -0.0623. The van der Waals surface area contributed by atoms with Crippen LogP contribution in [0.1, 0.15) is 6.92 Å². The molecule has 0 aliphatic carbocycles. The van der Waals surface area contributed by atoms with Gasteiger partial charge in [-0.2, -0.15) is 0 Å². The van der Waals surface area contributed by atoms with Gasteiger partial charge in [0.25, 0.3) is 0 Å². The van der Waals surface area contributed by atoms with Crippen LogP contribution in [0.15, 0.2) is 67.0 Å². The van der Waals surface area contributed by atoms with Gasteiger partial charge in [0.15, 0.2) is 5.82 Å². The van der Waals surface area contributed by atoms with Gasteiger partial charge < -0.3 is 15.4 Å². The molecule has 0 aliphatic heterocycles. The van der Waals surface area contributed by atoms with Crippen molar-refractivity contribution < 1.29 is 9.53 Å². The normalized spacial score (nSPS) is 10.6. The molecule has 4 rings (SSSR count). The zero-order valence-electron chi connectivity index (χ0n) is 17.4. The molecule has 2 aromatic heterocycles. The van der Waals surface area contributed by atoms with E-state index in [1.807, 2.05) is 49.5 Å². The zero-order chi connectivity index (χ0) is 21.6. The molecule has 156 valence electrons. The monoisotopic (exact) mass is 413 g/mol. The Hall–Kier alpha value is -4.00. The Kier molecular flexibility index (Phi) is 6.03. The smallest absolute Gasteiger partial charge is 0.216 e. The van der Waals surface area contributed by atoms with E-state index in [2.05, 4.69) is 32.7 Å². The second-order valence-electron chi connectivity index (χ2n) is 6.98. The Morgan fingerprint density at radius 2 is 1.81 bits per heavy atom. The number of anilines is 1. The Morgan fingerprint density at radius 1 is 1.00 bits per heavy atom. The number of rotatable bonds is 7. The van der Waals surface area contributed by atoms with Crippen molar-refractivity contribution in [2.75, 3.05) is 25.5 Å². The van der Waals surface area contributed by atoms with Crippen molar-refractivity contribution in [3.63, 3.8) is 0 Å². The van der Waals surface area contributed by atoms with E-state index < -0.39 is 0 Å². The second-order valence-corrected chi connectivity index (χ2v) is 6.98. The molecule has 0 aliphatic rings. The van der Waals surface area contributed by atoms with E-state index >= 15 is 0 Å². The van der Waals surface area contributed by atoms with Gasteiger partial charge >= 0.3 is 0 Å². The largest absolute Gasteiger partial charge is 0.492 e. The molecule has 4 aromatic rings. The molecule has 0 atom stereocenters. The molecule has 1 amide bonds. The number of aromatic nitrogens is 3. The average molecular weight is 413 g/mol. The molecule has 2 N–H and O–H groups in total. The van der Waals surface area contributed by atoms with E-state index in [0.717, 1.165) is 39.2 Å². The maximum Gasteiger partial charge on any atom is 0.216 e. The number of nitrogens with zero attached hydrogens (tertiary/aromatic N) is 3. The molecule has 0 unspecified atom stereocenters. The van der Waals surface area contributed by atoms with Crippen LogP contribution in [0.4, 0.5) is 5.82 Å². The fourth-order valence-corrected chi connectivity index (χ4v) is 3.26. The van der Waals surface area contributed by atoms with Gasteiger partial charge in [-0.15, -0.1) is 0 Å². The zero-order valence-corrected chi connectivity index (χ0v) is 17.4. The highest BCUT2D eigenvalue weighted by Gasteiger charge is 2.10. The Balaban J connectivity index is 1.58. The molecular formula is C24H23N5O2. The van der Waals surface area contributed by atoms with Crippen LogP contribution in [0.3, 0.4) is 0 Å². The third-order valence-electron chi connectivity index (χ3n) is 4.78. The summed E-state index contributed by atoms with van der Waals surface area (Å²) in [6.07, 6.45) is 3.49. The SMILES string of the molecule is CNc1nc(-c2cccnc2)nc2ccc(-c3ccc(OCCNC(C)=O)cc3)cc12. The van der Waals surface area contributed by atoms with E-state index in [0.29, 0.717) is 19.0 Å². The van der Waals surface area contributed by atoms with Crippen LogP contribution >= 0.6 is 0 Å². The van der Waals surface area contributed by atoms with Crippen molar-refractivity contribution in [1.29, 1.82) is 0 Å². The van der Waals surface area contributed by atoms with E-state index in [1.54, 1.807) is 12.4 Å². The van der Waals surface area contributed by atoms with E-state index in [-0.39, 0.29) is 5.91 Å². The molecule has 0 radical (unpaired) electrons. The lowest BCUT2D eigenvalue weighted by molar-refractivity contribution is -0.119. The maximum absolute atomic E-state index is 10.9. The van der Waals surface area contributed by atoms with Gasteiger partial charge in [-0.1, -0.05) is 18.2 Å². The lowest BCUT2D eigenvalue weighted by Gasteiger charge is -2.11. The Morgan fingerprint density at radius 3 is 2.52 bits per heavy atom. The van der Waals surface area contributed by atoms with Crippen molar-refractivity contribution in [3.8, 4) is 28.3 Å². The van der Waals surface area contributed by atoms with Crippen molar-refractivity contribution in [3.05, 3.63) is 67.0 Å². The third-order valence-corrected chi connectivity index (χ3v) is 4.78. The number of pyridine rings is 1. The number of fused-ring (bicyclic) bond motifs is 1. The summed E-state index contributed by atoms with van der Waals surface area (Å²) < 4.78 is 5.66. The van der Waals surface area contributed by atoms with Gasteiger partial charge in [0, 0.05) is 37.3 Å². The third kappa shape index (κ3) is 4.78. The summed E-state index contributed by atoms with van der Waals surface area (Å²) >= 11 is 0. The van der Waals surface area contributed by atoms with Crippen LogP contribution in [0.2, 0.25) is 0 Å². The van der Waals surface area contributed by atoms with E-state index in [9.17, 15) is 4.79 Å². The highest BCUT2D eigenvalue weighted by atomic mass is 16.5. The first-order chi connectivity index (χ1) is 15.1. The number of carbonyl (C=O) groups is 1. The van der Waals surface area contributed by atoms with Crippen LogP contribution in [0.25, 0.3) is 33.4 Å². The predicted octanol–water partition coefficient (Wildman–Crippen LogP) is 3.92. The molecule has 0 saturated carbocycles. The van der Waals surface area contributed by atoms with Crippen LogP contribution in [-0.4, -0.2) is 41.1 Å². The summed E-state index contributed by atoms with van der Waals surface area (Å²) in [5.74, 6) is 2.10. The van der Waals surface area contributed by atoms with Gasteiger partial charge in [0.1, 0.15) is 18.2 Å². The van der Waals surface area contributed by atoms with Crippen molar-refractivity contribution >= 4 is 22.6 Å². The summed E-state index contributed by atoms with van der Waals surface area (Å²) in [6, 6.07) is 17.8. The summed E-state index contributed by atoms with van der Waals surface area (Å²) in [5, 5.41) is 6.84. The first-order valence-electron chi connectivity index (χ1n) is 10.0. The number of benzene rings is 2. The standard InChI is InChI=1S/C24H23N5O2/c1-16(30)27-12-13-31-20-8-5-17(6-9-20)18-7-10-22-21(14-18)24(25-2)29-23(28-22)19-4-3-11-26-15-19/h3-11,14-15H,12-13H2,1-2H3,(H,27,30)(H,25,28,29). The second kappa shape index (κ2) is 9.21. The van der Waals surface area contributed by atoms with E-state index in [1.165, 1.54) is 6.92 Å². The number of amides is 1. The fourth-order valence-electron chi connectivity index (χ4n) is 3.26. The molecule has 7 nitrogen and oxygen atoms in total.